The average molecular weight is 305 g/mol. The van der Waals surface area contributed by atoms with Crippen molar-refractivity contribution in [1.29, 1.82) is 0 Å². The van der Waals surface area contributed by atoms with Crippen molar-refractivity contribution in [1.82, 2.24) is 5.32 Å². The molecular formula is C18H27NO3. The third kappa shape index (κ3) is 5.02. The summed E-state index contributed by atoms with van der Waals surface area (Å²) in [6, 6.07) is 8.10. The van der Waals surface area contributed by atoms with Crippen LogP contribution in [-0.2, 0) is 11.3 Å². The molecule has 4 nitrogen and oxygen atoms in total. The second kappa shape index (κ2) is 8.18. The van der Waals surface area contributed by atoms with Gasteiger partial charge in [0.25, 0.3) is 0 Å². The summed E-state index contributed by atoms with van der Waals surface area (Å²) >= 11 is 0. The number of carbonyl (C=O) groups is 1. The van der Waals surface area contributed by atoms with E-state index in [1.807, 2.05) is 12.1 Å². The van der Waals surface area contributed by atoms with Gasteiger partial charge < -0.3 is 15.2 Å². The number of ether oxygens (including phenoxy) is 1. The molecule has 0 saturated heterocycles. The van der Waals surface area contributed by atoms with E-state index in [2.05, 4.69) is 31.3 Å². The van der Waals surface area contributed by atoms with Gasteiger partial charge in [-0.15, -0.1) is 0 Å². The summed E-state index contributed by atoms with van der Waals surface area (Å²) in [5.74, 6) is 0.855. The van der Waals surface area contributed by atoms with Gasteiger partial charge in [0, 0.05) is 6.54 Å². The van der Waals surface area contributed by atoms with Crippen LogP contribution in [0.3, 0.4) is 0 Å². The standard InChI is InChI=1S/C18H27NO3/c1-13(2)12-22-16-7-3-5-14(9-16)10-19-11-15-6-4-8-17(15)18(20)21/h3,5,7,9,13,15,17,19H,4,6,8,10-12H2,1-2H3,(H,20,21)/t15-,17-/m1/s1. The minimum absolute atomic E-state index is 0.173. The Labute approximate surface area is 132 Å². The second-order valence-electron chi connectivity index (χ2n) is 6.62. The molecule has 0 radical (unpaired) electrons. The SMILES string of the molecule is CC(C)COc1cccc(CNC[C@H]2CCC[C@H]2C(=O)O)c1. The van der Waals surface area contributed by atoms with Crippen molar-refractivity contribution in [3.05, 3.63) is 29.8 Å². The summed E-state index contributed by atoms with van der Waals surface area (Å²) in [7, 11) is 0. The predicted molar refractivity (Wildman–Crippen MR) is 86.9 cm³/mol. The number of rotatable bonds is 8. The van der Waals surface area contributed by atoms with Crippen LogP contribution in [0.2, 0.25) is 0 Å². The molecule has 1 aliphatic rings. The first-order valence-electron chi connectivity index (χ1n) is 8.21. The Balaban J connectivity index is 1.79. The maximum Gasteiger partial charge on any atom is 0.306 e. The molecule has 0 heterocycles. The van der Waals surface area contributed by atoms with Gasteiger partial charge in [-0.25, -0.2) is 0 Å². The van der Waals surface area contributed by atoms with Gasteiger partial charge in [0.15, 0.2) is 0 Å². The highest BCUT2D eigenvalue weighted by Gasteiger charge is 2.32. The van der Waals surface area contributed by atoms with Gasteiger partial charge in [-0.1, -0.05) is 32.4 Å². The minimum atomic E-state index is -0.645. The van der Waals surface area contributed by atoms with Crippen molar-refractivity contribution >= 4 is 5.97 Å². The van der Waals surface area contributed by atoms with E-state index in [0.717, 1.165) is 44.7 Å². The quantitative estimate of drug-likeness (QED) is 0.773. The van der Waals surface area contributed by atoms with Crippen molar-refractivity contribution in [2.24, 2.45) is 17.8 Å². The lowest BCUT2D eigenvalue weighted by Gasteiger charge is -2.16. The molecule has 2 rings (SSSR count). The minimum Gasteiger partial charge on any atom is -0.493 e. The van der Waals surface area contributed by atoms with Crippen LogP contribution in [0.15, 0.2) is 24.3 Å². The molecule has 0 aromatic heterocycles. The summed E-state index contributed by atoms with van der Waals surface area (Å²) in [5.41, 5.74) is 1.17. The Morgan fingerprint density at radius 1 is 1.41 bits per heavy atom. The fraction of sp³-hybridized carbons (Fsp3) is 0.611. The van der Waals surface area contributed by atoms with Gasteiger partial charge in [-0.3, -0.25) is 4.79 Å². The first-order chi connectivity index (χ1) is 10.6. The molecule has 1 aliphatic carbocycles. The average Bonchev–Trinajstić information content (AvgIpc) is 2.94. The first-order valence-corrected chi connectivity index (χ1v) is 8.21. The molecule has 1 saturated carbocycles. The molecule has 122 valence electrons. The van der Waals surface area contributed by atoms with E-state index >= 15 is 0 Å². The summed E-state index contributed by atoms with van der Waals surface area (Å²) in [6.45, 7) is 6.51. The van der Waals surface area contributed by atoms with E-state index in [1.165, 1.54) is 5.56 Å². The zero-order valence-corrected chi connectivity index (χ0v) is 13.5. The number of hydrogen-bond donors (Lipinski definition) is 2. The Morgan fingerprint density at radius 3 is 2.95 bits per heavy atom. The molecule has 0 bridgehead atoms. The molecule has 2 N–H and O–H groups in total. The van der Waals surface area contributed by atoms with Crippen molar-refractivity contribution < 1.29 is 14.6 Å². The Bertz CT molecular complexity index is 487. The molecule has 0 amide bonds. The molecule has 22 heavy (non-hydrogen) atoms. The molecule has 4 heteroatoms. The van der Waals surface area contributed by atoms with Gasteiger partial charge in [-0.2, -0.15) is 0 Å². The van der Waals surface area contributed by atoms with Crippen molar-refractivity contribution in [3.8, 4) is 5.75 Å². The topological polar surface area (TPSA) is 58.6 Å². The van der Waals surface area contributed by atoms with Crippen LogP contribution in [0.1, 0.15) is 38.7 Å². The van der Waals surface area contributed by atoms with Gasteiger partial charge in [0.05, 0.1) is 12.5 Å². The number of aliphatic carboxylic acids is 1. The van der Waals surface area contributed by atoms with Crippen LogP contribution >= 0.6 is 0 Å². The maximum atomic E-state index is 11.2. The van der Waals surface area contributed by atoms with E-state index < -0.39 is 5.97 Å². The summed E-state index contributed by atoms with van der Waals surface area (Å²) < 4.78 is 5.73. The monoisotopic (exact) mass is 305 g/mol. The summed E-state index contributed by atoms with van der Waals surface area (Å²) in [4.78, 5) is 11.2. The van der Waals surface area contributed by atoms with E-state index in [1.54, 1.807) is 0 Å². The van der Waals surface area contributed by atoms with Crippen LogP contribution in [0, 0.1) is 17.8 Å². The lowest BCUT2D eigenvalue weighted by Crippen LogP contribution is -2.28. The fourth-order valence-electron chi connectivity index (χ4n) is 3.02. The predicted octanol–water partition coefficient (Wildman–Crippen LogP) is 3.31. The van der Waals surface area contributed by atoms with Crippen LogP contribution < -0.4 is 10.1 Å². The maximum absolute atomic E-state index is 11.2. The molecule has 0 spiro atoms. The second-order valence-corrected chi connectivity index (χ2v) is 6.62. The molecular weight excluding hydrogens is 278 g/mol. The largest absolute Gasteiger partial charge is 0.493 e. The summed E-state index contributed by atoms with van der Waals surface area (Å²) in [5, 5.41) is 12.6. The van der Waals surface area contributed by atoms with Crippen molar-refractivity contribution in [2.45, 2.75) is 39.7 Å². The molecule has 1 fully saturated rings. The van der Waals surface area contributed by atoms with Gasteiger partial charge >= 0.3 is 5.97 Å². The number of benzene rings is 1. The molecule has 2 atom stereocenters. The van der Waals surface area contributed by atoms with E-state index in [0.29, 0.717) is 5.92 Å². The molecule has 0 aliphatic heterocycles. The Kier molecular flexibility index (Phi) is 6.25. The number of nitrogens with one attached hydrogen (secondary N) is 1. The zero-order valence-electron chi connectivity index (χ0n) is 13.5. The van der Waals surface area contributed by atoms with Gasteiger partial charge in [-0.05, 0) is 48.9 Å². The van der Waals surface area contributed by atoms with Crippen LogP contribution in [0.5, 0.6) is 5.75 Å². The normalized spacial score (nSPS) is 21.2. The lowest BCUT2D eigenvalue weighted by atomic mass is 9.96. The van der Waals surface area contributed by atoms with Crippen LogP contribution in [0.25, 0.3) is 0 Å². The Hall–Kier alpha value is -1.55. The van der Waals surface area contributed by atoms with E-state index in [9.17, 15) is 9.90 Å². The number of hydrogen-bond acceptors (Lipinski definition) is 3. The van der Waals surface area contributed by atoms with Gasteiger partial charge in [0.2, 0.25) is 0 Å². The lowest BCUT2D eigenvalue weighted by molar-refractivity contribution is -0.142. The van der Waals surface area contributed by atoms with Crippen molar-refractivity contribution in [2.75, 3.05) is 13.2 Å². The highest BCUT2D eigenvalue weighted by Crippen LogP contribution is 2.31. The highest BCUT2D eigenvalue weighted by molar-refractivity contribution is 5.70. The highest BCUT2D eigenvalue weighted by atomic mass is 16.5. The molecule has 1 aromatic carbocycles. The first kappa shape index (κ1) is 16.8. The summed E-state index contributed by atoms with van der Waals surface area (Å²) in [6.07, 6.45) is 2.86. The van der Waals surface area contributed by atoms with Crippen molar-refractivity contribution in [3.63, 3.8) is 0 Å². The number of carboxylic acid groups (broad SMARTS) is 1. The van der Waals surface area contributed by atoms with Gasteiger partial charge in [0.1, 0.15) is 5.75 Å². The Morgan fingerprint density at radius 2 is 2.23 bits per heavy atom. The molecule has 0 unspecified atom stereocenters. The molecule has 1 aromatic rings. The van der Waals surface area contributed by atoms with E-state index in [-0.39, 0.29) is 11.8 Å². The third-order valence-electron chi connectivity index (χ3n) is 4.19. The number of carboxylic acids is 1. The zero-order chi connectivity index (χ0) is 15.9. The van der Waals surface area contributed by atoms with E-state index in [4.69, 9.17) is 4.74 Å². The fourth-order valence-corrected chi connectivity index (χ4v) is 3.02. The van der Waals surface area contributed by atoms with Crippen LogP contribution in [0.4, 0.5) is 0 Å². The van der Waals surface area contributed by atoms with Crippen LogP contribution in [-0.4, -0.2) is 24.2 Å². The third-order valence-corrected chi connectivity index (χ3v) is 4.19. The smallest absolute Gasteiger partial charge is 0.306 e.